The highest BCUT2D eigenvalue weighted by molar-refractivity contribution is 6.30. The zero-order valence-electron chi connectivity index (χ0n) is 15.1. The van der Waals surface area contributed by atoms with Crippen LogP contribution < -0.4 is 5.73 Å². The molecular formula is C19H19ClN6O2. The Hall–Kier alpha value is -3.13. The number of ether oxygens (including phenoxy) is 1. The first kappa shape index (κ1) is 18.2. The Kier molecular flexibility index (Phi) is 4.87. The first-order chi connectivity index (χ1) is 13.6. The molecule has 0 bridgehead atoms. The molecule has 2 N–H and O–H groups in total. The summed E-state index contributed by atoms with van der Waals surface area (Å²) >= 11 is 6.01. The van der Waals surface area contributed by atoms with Gasteiger partial charge in [0.25, 0.3) is 0 Å². The second-order valence-electron chi connectivity index (χ2n) is 6.51. The molecule has 3 aromatic rings. The fourth-order valence-corrected chi connectivity index (χ4v) is 3.51. The zero-order chi connectivity index (χ0) is 19.7. The molecule has 0 spiro atoms. The molecule has 8 nitrogen and oxygen atoms in total. The van der Waals surface area contributed by atoms with Gasteiger partial charge in [0, 0.05) is 23.7 Å². The van der Waals surface area contributed by atoms with E-state index >= 15 is 0 Å². The molecule has 1 atom stereocenters. The summed E-state index contributed by atoms with van der Waals surface area (Å²) in [6.45, 7) is 4.81. The number of halogens is 1. The number of likely N-dealkylation sites (tertiary alicyclic amines) is 1. The molecule has 0 saturated carbocycles. The molecule has 0 aliphatic carbocycles. The van der Waals surface area contributed by atoms with E-state index in [1.807, 2.05) is 16.8 Å². The molecule has 9 heteroatoms. The maximum atomic E-state index is 12.1. The lowest BCUT2D eigenvalue weighted by Gasteiger charge is -2.16. The van der Waals surface area contributed by atoms with Crippen LogP contribution in [-0.2, 0) is 4.74 Å². The van der Waals surface area contributed by atoms with Crippen molar-refractivity contribution in [2.24, 2.45) is 0 Å². The first-order valence-corrected chi connectivity index (χ1v) is 9.23. The zero-order valence-corrected chi connectivity index (χ0v) is 15.8. The fourth-order valence-electron chi connectivity index (χ4n) is 3.39. The van der Waals surface area contributed by atoms with Gasteiger partial charge in [-0.3, -0.25) is 0 Å². The van der Waals surface area contributed by atoms with E-state index in [2.05, 4.69) is 16.5 Å². The minimum absolute atomic E-state index is 0.0332. The number of fused-ring (bicyclic) bond motifs is 1. The summed E-state index contributed by atoms with van der Waals surface area (Å²) in [6, 6.07) is 7.33. The van der Waals surface area contributed by atoms with Crippen molar-refractivity contribution < 1.29 is 9.53 Å². The number of nitrogen functional groups attached to an aromatic ring is 1. The number of carbonyl (C=O) groups is 1. The molecule has 3 heterocycles. The van der Waals surface area contributed by atoms with Crippen molar-refractivity contribution in [1.82, 2.24) is 24.6 Å². The number of amides is 1. The van der Waals surface area contributed by atoms with Crippen LogP contribution in [0.5, 0.6) is 0 Å². The Morgan fingerprint density at radius 3 is 2.89 bits per heavy atom. The number of aromatic nitrogens is 4. The third-order valence-electron chi connectivity index (χ3n) is 4.73. The van der Waals surface area contributed by atoms with Crippen molar-refractivity contribution in [3.63, 3.8) is 0 Å². The minimum Gasteiger partial charge on any atom is -0.445 e. The van der Waals surface area contributed by atoms with Gasteiger partial charge in [-0.15, -0.1) is 0 Å². The summed E-state index contributed by atoms with van der Waals surface area (Å²) in [7, 11) is 0. The number of nitrogens with zero attached hydrogens (tertiary/aromatic N) is 5. The molecule has 28 heavy (non-hydrogen) atoms. The van der Waals surface area contributed by atoms with Crippen LogP contribution in [0.25, 0.3) is 22.3 Å². The second-order valence-corrected chi connectivity index (χ2v) is 6.95. The quantitative estimate of drug-likeness (QED) is 0.677. The SMILES string of the molecule is C=CCOC(=O)N1CC[C@@H](n2nc(-c3ccc(Cl)cc3)c3c(N)ncnc32)C1. The molecule has 1 aliphatic rings. The highest BCUT2D eigenvalue weighted by Gasteiger charge is 2.31. The minimum atomic E-state index is -0.356. The molecule has 1 fully saturated rings. The van der Waals surface area contributed by atoms with Gasteiger partial charge in [-0.25, -0.2) is 19.4 Å². The van der Waals surface area contributed by atoms with E-state index in [0.717, 1.165) is 12.0 Å². The van der Waals surface area contributed by atoms with Crippen LogP contribution in [0, 0.1) is 0 Å². The van der Waals surface area contributed by atoms with Crippen molar-refractivity contribution in [3.8, 4) is 11.3 Å². The largest absolute Gasteiger partial charge is 0.445 e. The Labute approximate surface area is 166 Å². The third kappa shape index (κ3) is 3.27. The van der Waals surface area contributed by atoms with Crippen LogP contribution in [0.15, 0.2) is 43.2 Å². The van der Waals surface area contributed by atoms with E-state index in [-0.39, 0.29) is 18.7 Å². The van der Waals surface area contributed by atoms with Crippen LogP contribution in [0.4, 0.5) is 10.6 Å². The Balaban J connectivity index is 1.71. The normalized spacial score (nSPS) is 16.5. The first-order valence-electron chi connectivity index (χ1n) is 8.85. The number of benzene rings is 1. The summed E-state index contributed by atoms with van der Waals surface area (Å²) in [4.78, 5) is 22.3. The van der Waals surface area contributed by atoms with Crippen LogP contribution in [0.3, 0.4) is 0 Å². The monoisotopic (exact) mass is 398 g/mol. The summed E-state index contributed by atoms with van der Waals surface area (Å²) in [5.74, 6) is 0.362. The number of hydrogen-bond acceptors (Lipinski definition) is 6. The molecule has 0 unspecified atom stereocenters. The van der Waals surface area contributed by atoms with Gasteiger partial charge < -0.3 is 15.4 Å². The van der Waals surface area contributed by atoms with Crippen molar-refractivity contribution in [2.45, 2.75) is 12.5 Å². The lowest BCUT2D eigenvalue weighted by Crippen LogP contribution is -2.30. The van der Waals surface area contributed by atoms with Crippen LogP contribution in [-0.4, -0.2) is 50.4 Å². The number of anilines is 1. The molecule has 1 amide bonds. The molecule has 1 saturated heterocycles. The van der Waals surface area contributed by atoms with Gasteiger partial charge in [-0.05, 0) is 18.6 Å². The van der Waals surface area contributed by atoms with Gasteiger partial charge in [0.2, 0.25) is 0 Å². The number of carbonyl (C=O) groups excluding carboxylic acids is 1. The Bertz CT molecular complexity index is 1030. The van der Waals surface area contributed by atoms with Crippen LogP contribution >= 0.6 is 11.6 Å². The molecule has 1 aliphatic heterocycles. The number of hydrogen-bond donors (Lipinski definition) is 1. The Morgan fingerprint density at radius 1 is 1.36 bits per heavy atom. The standard InChI is InChI=1S/C19H19ClN6O2/c1-2-9-28-19(27)25-8-7-14(10-25)26-18-15(17(21)22-11-23-18)16(24-26)12-3-5-13(20)6-4-12/h2-6,11,14H,1,7-10H2,(H2,21,22,23)/t14-/m1/s1. The summed E-state index contributed by atoms with van der Waals surface area (Å²) < 4.78 is 6.96. The average molecular weight is 399 g/mol. The lowest BCUT2D eigenvalue weighted by molar-refractivity contribution is 0.120. The molecule has 2 aromatic heterocycles. The lowest BCUT2D eigenvalue weighted by atomic mass is 10.1. The van der Waals surface area contributed by atoms with Crippen molar-refractivity contribution >= 4 is 34.5 Å². The van der Waals surface area contributed by atoms with Gasteiger partial charge in [-0.1, -0.05) is 36.4 Å². The smallest absolute Gasteiger partial charge is 0.410 e. The van der Waals surface area contributed by atoms with E-state index in [0.29, 0.717) is 40.7 Å². The Morgan fingerprint density at radius 2 is 2.14 bits per heavy atom. The highest BCUT2D eigenvalue weighted by Crippen LogP contribution is 2.34. The van der Waals surface area contributed by atoms with Crippen LogP contribution in [0.2, 0.25) is 5.02 Å². The van der Waals surface area contributed by atoms with Gasteiger partial charge in [0.1, 0.15) is 24.4 Å². The average Bonchev–Trinajstić information content (AvgIpc) is 3.32. The van der Waals surface area contributed by atoms with Crippen molar-refractivity contribution in [3.05, 3.63) is 48.3 Å². The third-order valence-corrected chi connectivity index (χ3v) is 4.98. The molecule has 144 valence electrons. The number of nitrogens with two attached hydrogens (primary N) is 1. The van der Waals surface area contributed by atoms with Gasteiger partial charge >= 0.3 is 6.09 Å². The predicted octanol–water partition coefficient (Wildman–Crippen LogP) is 3.30. The fraction of sp³-hybridized carbons (Fsp3) is 0.263. The predicted molar refractivity (Wildman–Crippen MR) is 107 cm³/mol. The van der Waals surface area contributed by atoms with Crippen molar-refractivity contribution in [1.29, 1.82) is 0 Å². The molecule has 0 radical (unpaired) electrons. The highest BCUT2D eigenvalue weighted by atomic mass is 35.5. The van der Waals surface area contributed by atoms with E-state index in [9.17, 15) is 4.79 Å². The van der Waals surface area contributed by atoms with E-state index in [4.69, 9.17) is 27.2 Å². The number of rotatable bonds is 4. The van der Waals surface area contributed by atoms with E-state index < -0.39 is 0 Å². The van der Waals surface area contributed by atoms with Gasteiger partial charge in [0.15, 0.2) is 5.65 Å². The summed E-state index contributed by atoms with van der Waals surface area (Å²) in [6.07, 6.45) is 3.35. The molecular weight excluding hydrogens is 380 g/mol. The topological polar surface area (TPSA) is 99.2 Å². The van der Waals surface area contributed by atoms with Crippen LogP contribution in [0.1, 0.15) is 12.5 Å². The van der Waals surface area contributed by atoms with E-state index in [1.165, 1.54) is 6.33 Å². The van der Waals surface area contributed by atoms with Gasteiger partial charge in [0.05, 0.1) is 11.4 Å². The summed E-state index contributed by atoms with van der Waals surface area (Å²) in [5, 5.41) is 6.12. The van der Waals surface area contributed by atoms with E-state index in [1.54, 1.807) is 23.1 Å². The van der Waals surface area contributed by atoms with Gasteiger partial charge in [-0.2, -0.15) is 5.10 Å². The maximum Gasteiger partial charge on any atom is 0.410 e. The van der Waals surface area contributed by atoms with Crippen molar-refractivity contribution in [2.75, 3.05) is 25.4 Å². The molecule has 4 rings (SSSR count). The molecule has 1 aromatic carbocycles. The summed E-state index contributed by atoms with van der Waals surface area (Å²) in [5.41, 5.74) is 8.35. The second kappa shape index (κ2) is 7.47. The maximum absolute atomic E-state index is 12.1.